The Morgan fingerprint density at radius 3 is 2.83 bits per heavy atom. The number of nitrogens with one attached hydrogen (secondary N) is 1. The molecule has 5 heteroatoms. The molecule has 0 spiro atoms. The van der Waals surface area contributed by atoms with E-state index in [1.807, 2.05) is 25.1 Å². The number of benzene rings is 1. The van der Waals surface area contributed by atoms with E-state index in [1.165, 1.54) is 0 Å². The van der Waals surface area contributed by atoms with Crippen molar-refractivity contribution in [1.29, 1.82) is 0 Å². The van der Waals surface area contributed by atoms with Crippen LogP contribution in [-0.2, 0) is 0 Å². The number of pyridine rings is 1. The molecule has 0 aliphatic carbocycles. The molecular weight excluding hydrogens is 266 g/mol. The summed E-state index contributed by atoms with van der Waals surface area (Å²) in [4.78, 5) is 4.38. The molecule has 0 saturated heterocycles. The van der Waals surface area contributed by atoms with Gasteiger partial charge in [0.25, 0.3) is 0 Å². The molecule has 18 heavy (non-hydrogen) atoms. The molecule has 3 N–H and O–H groups in total. The third-order valence-corrected chi connectivity index (χ3v) is 3.16. The molecule has 2 rings (SSSR count). The van der Waals surface area contributed by atoms with Crippen LogP contribution in [0.2, 0.25) is 5.02 Å². The zero-order valence-electron chi connectivity index (χ0n) is 9.77. The molecule has 1 heterocycles. The van der Waals surface area contributed by atoms with E-state index < -0.39 is 0 Å². The number of hydrogen-bond donors (Lipinski definition) is 2. The SMILES string of the molecule is Cc1ccc(Nc2cnccc2C(N)=S)cc1Cl. The smallest absolute Gasteiger partial charge is 0.106 e. The van der Waals surface area contributed by atoms with Gasteiger partial charge in [-0.1, -0.05) is 29.9 Å². The van der Waals surface area contributed by atoms with E-state index in [-0.39, 0.29) is 0 Å². The van der Waals surface area contributed by atoms with E-state index in [1.54, 1.807) is 18.5 Å². The van der Waals surface area contributed by atoms with Gasteiger partial charge in [0.05, 0.1) is 11.9 Å². The second kappa shape index (κ2) is 5.33. The van der Waals surface area contributed by atoms with E-state index in [4.69, 9.17) is 29.6 Å². The van der Waals surface area contributed by atoms with Crippen LogP contribution in [0.1, 0.15) is 11.1 Å². The van der Waals surface area contributed by atoms with Crippen LogP contribution >= 0.6 is 23.8 Å². The van der Waals surface area contributed by atoms with Crippen molar-refractivity contribution in [2.75, 3.05) is 5.32 Å². The number of halogens is 1. The Morgan fingerprint density at radius 2 is 2.17 bits per heavy atom. The van der Waals surface area contributed by atoms with Gasteiger partial charge in [0.2, 0.25) is 0 Å². The van der Waals surface area contributed by atoms with Gasteiger partial charge in [0.1, 0.15) is 4.99 Å². The molecule has 2 aromatic rings. The Bertz CT molecular complexity index is 599. The first kappa shape index (κ1) is 12.8. The number of nitrogens with zero attached hydrogens (tertiary/aromatic N) is 1. The number of aromatic nitrogens is 1. The van der Waals surface area contributed by atoms with Gasteiger partial charge in [0.15, 0.2) is 0 Å². The highest BCUT2D eigenvalue weighted by atomic mass is 35.5. The number of hydrogen-bond acceptors (Lipinski definition) is 3. The van der Waals surface area contributed by atoms with Crippen molar-refractivity contribution >= 4 is 40.2 Å². The number of aryl methyl sites for hydroxylation is 1. The average Bonchev–Trinajstić information content (AvgIpc) is 2.34. The van der Waals surface area contributed by atoms with Crippen molar-refractivity contribution in [1.82, 2.24) is 4.98 Å². The molecule has 0 fully saturated rings. The summed E-state index contributed by atoms with van der Waals surface area (Å²) in [6.07, 6.45) is 3.34. The molecule has 0 bridgehead atoms. The first-order valence-electron chi connectivity index (χ1n) is 5.35. The molecule has 0 aliphatic rings. The van der Waals surface area contributed by atoms with E-state index in [0.29, 0.717) is 10.0 Å². The Balaban J connectivity index is 2.34. The lowest BCUT2D eigenvalue weighted by atomic mass is 10.2. The fourth-order valence-corrected chi connectivity index (χ4v) is 1.89. The van der Waals surface area contributed by atoms with E-state index in [9.17, 15) is 0 Å². The van der Waals surface area contributed by atoms with Crippen LogP contribution in [0.15, 0.2) is 36.7 Å². The molecule has 0 aliphatic heterocycles. The summed E-state index contributed by atoms with van der Waals surface area (Å²) < 4.78 is 0. The van der Waals surface area contributed by atoms with Crippen molar-refractivity contribution in [3.05, 3.63) is 52.8 Å². The first-order chi connectivity index (χ1) is 8.58. The van der Waals surface area contributed by atoms with Crippen LogP contribution in [0.5, 0.6) is 0 Å². The third kappa shape index (κ3) is 2.78. The minimum atomic E-state index is 0.332. The highest BCUT2D eigenvalue weighted by molar-refractivity contribution is 7.80. The van der Waals surface area contributed by atoms with Gasteiger partial charge < -0.3 is 11.1 Å². The summed E-state index contributed by atoms with van der Waals surface area (Å²) in [5, 5.41) is 3.92. The second-order valence-corrected chi connectivity index (χ2v) is 4.72. The fourth-order valence-electron chi connectivity index (χ4n) is 1.54. The largest absolute Gasteiger partial charge is 0.389 e. The van der Waals surface area contributed by atoms with Crippen LogP contribution in [0, 0.1) is 6.92 Å². The Kier molecular flexibility index (Phi) is 3.79. The Hall–Kier alpha value is -1.65. The van der Waals surface area contributed by atoms with E-state index in [2.05, 4.69) is 10.3 Å². The molecule has 3 nitrogen and oxygen atoms in total. The van der Waals surface area contributed by atoms with Crippen LogP contribution in [0.3, 0.4) is 0 Å². The molecule has 0 amide bonds. The highest BCUT2D eigenvalue weighted by Gasteiger charge is 2.05. The minimum absolute atomic E-state index is 0.332. The molecule has 0 saturated carbocycles. The number of anilines is 2. The lowest BCUT2D eigenvalue weighted by Gasteiger charge is -2.11. The predicted molar refractivity (Wildman–Crippen MR) is 79.6 cm³/mol. The number of rotatable bonds is 3. The van der Waals surface area contributed by atoms with Crippen LogP contribution in [-0.4, -0.2) is 9.97 Å². The molecule has 92 valence electrons. The lowest BCUT2D eigenvalue weighted by Crippen LogP contribution is -2.12. The first-order valence-corrected chi connectivity index (χ1v) is 6.13. The second-order valence-electron chi connectivity index (χ2n) is 3.87. The predicted octanol–water partition coefficient (Wildman–Crippen LogP) is 3.42. The van der Waals surface area contributed by atoms with Gasteiger partial charge >= 0.3 is 0 Å². The Labute approximate surface area is 116 Å². The molecule has 1 aromatic carbocycles. The number of thiocarbonyl (C=S) groups is 1. The summed E-state index contributed by atoms with van der Waals surface area (Å²) in [6, 6.07) is 7.52. The lowest BCUT2D eigenvalue weighted by molar-refractivity contribution is 1.31. The number of nitrogens with two attached hydrogens (primary N) is 1. The Morgan fingerprint density at radius 1 is 1.39 bits per heavy atom. The zero-order chi connectivity index (χ0) is 13.1. The quantitative estimate of drug-likeness (QED) is 0.844. The summed E-state index contributed by atoms with van der Waals surface area (Å²) >= 11 is 11.1. The van der Waals surface area contributed by atoms with Crippen molar-refractivity contribution < 1.29 is 0 Å². The van der Waals surface area contributed by atoms with Crippen molar-refractivity contribution in [2.45, 2.75) is 6.92 Å². The highest BCUT2D eigenvalue weighted by Crippen LogP contribution is 2.24. The van der Waals surface area contributed by atoms with Crippen LogP contribution in [0.25, 0.3) is 0 Å². The minimum Gasteiger partial charge on any atom is -0.389 e. The summed E-state index contributed by atoms with van der Waals surface area (Å²) in [5.41, 5.74) is 9.09. The maximum atomic E-state index is 6.08. The van der Waals surface area contributed by atoms with Gasteiger partial charge in [-0.2, -0.15) is 0 Å². The fraction of sp³-hybridized carbons (Fsp3) is 0.0769. The standard InChI is InChI=1S/C13H12ClN3S/c1-8-2-3-9(6-11(8)14)17-12-7-16-5-4-10(12)13(15)18/h2-7,17H,1H3,(H2,15,18). The zero-order valence-corrected chi connectivity index (χ0v) is 11.3. The van der Waals surface area contributed by atoms with E-state index >= 15 is 0 Å². The van der Waals surface area contributed by atoms with Crippen LogP contribution in [0.4, 0.5) is 11.4 Å². The average molecular weight is 278 g/mol. The topological polar surface area (TPSA) is 50.9 Å². The van der Waals surface area contributed by atoms with Crippen LogP contribution < -0.4 is 11.1 Å². The van der Waals surface area contributed by atoms with E-state index in [0.717, 1.165) is 22.5 Å². The summed E-state index contributed by atoms with van der Waals surface area (Å²) in [6.45, 7) is 1.95. The summed E-state index contributed by atoms with van der Waals surface area (Å²) in [5.74, 6) is 0. The molecule has 0 atom stereocenters. The van der Waals surface area contributed by atoms with Gasteiger partial charge in [-0.15, -0.1) is 0 Å². The van der Waals surface area contributed by atoms with Crippen molar-refractivity contribution in [3.8, 4) is 0 Å². The molecule has 0 unspecified atom stereocenters. The maximum absolute atomic E-state index is 6.08. The molecule has 1 aromatic heterocycles. The normalized spacial score (nSPS) is 10.1. The monoisotopic (exact) mass is 277 g/mol. The van der Waals surface area contributed by atoms with Gasteiger partial charge in [0, 0.05) is 22.5 Å². The van der Waals surface area contributed by atoms with Gasteiger partial charge in [-0.3, -0.25) is 4.98 Å². The molecule has 0 radical (unpaired) electrons. The van der Waals surface area contributed by atoms with Crippen molar-refractivity contribution in [2.24, 2.45) is 5.73 Å². The third-order valence-electron chi connectivity index (χ3n) is 2.54. The van der Waals surface area contributed by atoms with Gasteiger partial charge in [-0.25, -0.2) is 0 Å². The summed E-state index contributed by atoms with van der Waals surface area (Å²) in [7, 11) is 0. The molecular formula is C13H12ClN3S. The maximum Gasteiger partial charge on any atom is 0.106 e. The van der Waals surface area contributed by atoms with Crippen molar-refractivity contribution in [3.63, 3.8) is 0 Å². The van der Waals surface area contributed by atoms with Gasteiger partial charge in [-0.05, 0) is 30.7 Å².